The van der Waals surface area contributed by atoms with Gasteiger partial charge in [-0.3, -0.25) is 0 Å². The van der Waals surface area contributed by atoms with E-state index in [1.54, 1.807) is 11.3 Å². The molecule has 0 fully saturated rings. The molecule has 1 N–H and O–H groups in total. The van der Waals surface area contributed by atoms with E-state index in [4.69, 9.17) is 4.52 Å². The lowest BCUT2D eigenvalue weighted by Gasteiger charge is -2.23. The highest BCUT2D eigenvalue weighted by atomic mass is 32.1. The summed E-state index contributed by atoms with van der Waals surface area (Å²) in [6.45, 7) is 3.52. The van der Waals surface area contributed by atoms with Crippen LogP contribution in [0.4, 0.5) is 0 Å². The maximum absolute atomic E-state index is 5.40. The zero-order valence-corrected chi connectivity index (χ0v) is 13.1. The smallest absolute Gasteiger partial charge is 0.177 e. The summed E-state index contributed by atoms with van der Waals surface area (Å²) in [5, 5.41) is 14.1. The predicted octanol–water partition coefficient (Wildman–Crippen LogP) is 2.41. The van der Waals surface area contributed by atoms with Crippen LogP contribution >= 0.6 is 11.3 Å². The van der Waals surface area contributed by atoms with Gasteiger partial charge in [0.05, 0.1) is 17.1 Å². The minimum absolute atomic E-state index is 0.399. The first-order valence-corrected chi connectivity index (χ1v) is 8.29. The Hall–Kier alpha value is -1.99. The van der Waals surface area contributed by atoms with Crippen molar-refractivity contribution in [3.05, 3.63) is 40.9 Å². The Labute approximate surface area is 132 Å². The van der Waals surface area contributed by atoms with Crippen molar-refractivity contribution in [2.75, 3.05) is 0 Å². The van der Waals surface area contributed by atoms with Crippen LogP contribution in [0.1, 0.15) is 23.8 Å². The van der Waals surface area contributed by atoms with Gasteiger partial charge in [0.2, 0.25) is 0 Å². The number of rotatable bonds is 4. The highest BCUT2D eigenvalue weighted by molar-refractivity contribution is 7.13. The molecule has 7 heteroatoms. The van der Waals surface area contributed by atoms with Crippen molar-refractivity contribution >= 4 is 11.3 Å². The van der Waals surface area contributed by atoms with Gasteiger partial charge in [0.25, 0.3) is 0 Å². The largest absolute Gasteiger partial charge is 0.355 e. The van der Waals surface area contributed by atoms with Gasteiger partial charge in [-0.1, -0.05) is 11.2 Å². The van der Waals surface area contributed by atoms with E-state index >= 15 is 0 Å². The fraction of sp³-hybridized carbons (Fsp3) is 0.400. The normalized spacial score (nSPS) is 17.6. The molecule has 0 amide bonds. The monoisotopic (exact) mass is 315 g/mol. The molecule has 6 nitrogen and oxygen atoms in total. The van der Waals surface area contributed by atoms with Crippen molar-refractivity contribution in [3.63, 3.8) is 0 Å². The Morgan fingerprint density at radius 3 is 3.32 bits per heavy atom. The molecule has 3 aromatic rings. The Bertz CT molecular complexity index is 761. The predicted molar refractivity (Wildman–Crippen MR) is 83.5 cm³/mol. The molecule has 3 aromatic heterocycles. The molecule has 0 aliphatic carbocycles. The highest BCUT2D eigenvalue weighted by Gasteiger charge is 2.20. The quantitative estimate of drug-likeness (QED) is 0.800. The van der Waals surface area contributed by atoms with Crippen molar-refractivity contribution in [2.45, 2.75) is 38.9 Å². The molecule has 4 heterocycles. The van der Waals surface area contributed by atoms with Gasteiger partial charge in [-0.05, 0) is 24.8 Å². The number of nitrogens with one attached hydrogen (secondary N) is 1. The van der Waals surface area contributed by atoms with E-state index in [1.165, 1.54) is 0 Å². The lowest BCUT2D eigenvalue weighted by molar-refractivity contribution is 0.350. The van der Waals surface area contributed by atoms with Crippen molar-refractivity contribution in [1.29, 1.82) is 0 Å². The molecule has 1 aliphatic heterocycles. The lowest BCUT2D eigenvalue weighted by Crippen LogP contribution is -2.37. The topological polar surface area (TPSA) is 68.8 Å². The van der Waals surface area contributed by atoms with Crippen LogP contribution in [0.15, 0.2) is 28.1 Å². The minimum atomic E-state index is 0.399. The summed E-state index contributed by atoms with van der Waals surface area (Å²) < 4.78 is 7.41. The van der Waals surface area contributed by atoms with E-state index in [2.05, 4.69) is 20.6 Å². The van der Waals surface area contributed by atoms with Crippen molar-refractivity contribution in [1.82, 2.24) is 25.2 Å². The first-order chi connectivity index (χ1) is 10.8. The second-order valence-electron chi connectivity index (χ2n) is 5.53. The van der Waals surface area contributed by atoms with Gasteiger partial charge < -0.3 is 9.84 Å². The molecule has 0 aromatic carbocycles. The molecule has 0 bridgehead atoms. The fourth-order valence-corrected chi connectivity index (χ4v) is 3.45. The first kappa shape index (κ1) is 13.7. The van der Waals surface area contributed by atoms with E-state index in [-0.39, 0.29) is 0 Å². The van der Waals surface area contributed by atoms with E-state index in [0.29, 0.717) is 12.6 Å². The van der Waals surface area contributed by atoms with E-state index in [9.17, 15) is 0 Å². The molecule has 0 saturated heterocycles. The number of aryl methyl sites for hydroxylation is 2. The van der Waals surface area contributed by atoms with E-state index < -0.39 is 0 Å². The van der Waals surface area contributed by atoms with Gasteiger partial charge in [0, 0.05) is 25.1 Å². The fourth-order valence-electron chi connectivity index (χ4n) is 2.78. The highest BCUT2D eigenvalue weighted by Crippen LogP contribution is 2.25. The summed E-state index contributed by atoms with van der Waals surface area (Å²) in [6, 6.07) is 6.46. The summed E-state index contributed by atoms with van der Waals surface area (Å²) >= 11 is 1.66. The molecular formula is C15H17N5OS. The average Bonchev–Trinajstić information content (AvgIpc) is 3.23. The molecule has 0 unspecified atom stereocenters. The molecule has 1 atom stereocenters. The lowest BCUT2D eigenvalue weighted by atomic mass is 10.1. The summed E-state index contributed by atoms with van der Waals surface area (Å²) in [6.07, 6.45) is 2.05. The number of fused-ring (bicyclic) bond motifs is 1. The van der Waals surface area contributed by atoms with Gasteiger partial charge >= 0.3 is 0 Å². The van der Waals surface area contributed by atoms with Crippen molar-refractivity contribution < 1.29 is 4.52 Å². The van der Waals surface area contributed by atoms with Gasteiger partial charge in [-0.25, -0.2) is 9.67 Å². The van der Waals surface area contributed by atoms with Crippen LogP contribution in [0.5, 0.6) is 0 Å². The van der Waals surface area contributed by atoms with Crippen LogP contribution in [0, 0.1) is 6.92 Å². The number of nitrogens with zero attached hydrogens (tertiary/aromatic N) is 4. The minimum Gasteiger partial charge on any atom is -0.355 e. The third kappa shape index (κ3) is 2.69. The Balaban J connectivity index is 1.37. The standard InChI is InChI=1S/C15H17N5OS/c1-10-17-15-5-4-11(9-20(15)18-10)16-8-12-7-13(21-19-12)14-3-2-6-22-14/h2-3,6-7,11,16H,4-5,8-9H2,1H3/t11-/m0/s1. The van der Waals surface area contributed by atoms with Crippen LogP contribution in [0.3, 0.4) is 0 Å². The maximum atomic E-state index is 5.40. The first-order valence-electron chi connectivity index (χ1n) is 7.41. The van der Waals surface area contributed by atoms with Crippen LogP contribution in [0.2, 0.25) is 0 Å². The SMILES string of the molecule is Cc1nc2n(n1)C[C@@H](NCc1cc(-c3cccs3)on1)CC2. The molecule has 0 spiro atoms. The van der Waals surface area contributed by atoms with Gasteiger partial charge in [-0.15, -0.1) is 11.3 Å². The zero-order chi connectivity index (χ0) is 14.9. The van der Waals surface area contributed by atoms with E-state index in [0.717, 1.165) is 47.4 Å². The van der Waals surface area contributed by atoms with Gasteiger partial charge in [0.1, 0.15) is 11.6 Å². The van der Waals surface area contributed by atoms with Crippen LogP contribution in [-0.2, 0) is 19.5 Å². The second kappa shape index (κ2) is 5.66. The van der Waals surface area contributed by atoms with E-state index in [1.807, 2.05) is 35.2 Å². The Kier molecular flexibility index (Phi) is 3.51. The summed E-state index contributed by atoms with van der Waals surface area (Å²) in [5.74, 6) is 2.79. The number of hydrogen-bond acceptors (Lipinski definition) is 6. The number of thiophene rings is 1. The van der Waals surface area contributed by atoms with Crippen molar-refractivity contribution in [3.8, 4) is 10.6 Å². The molecule has 22 heavy (non-hydrogen) atoms. The van der Waals surface area contributed by atoms with Crippen LogP contribution in [-0.4, -0.2) is 26.0 Å². The third-order valence-corrected chi connectivity index (χ3v) is 4.74. The molecule has 4 rings (SSSR count). The van der Waals surface area contributed by atoms with Gasteiger partial charge in [0.15, 0.2) is 5.76 Å². The van der Waals surface area contributed by atoms with Crippen LogP contribution < -0.4 is 5.32 Å². The Morgan fingerprint density at radius 1 is 1.50 bits per heavy atom. The summed E-state index contributed by atoms with van der Waals surface area (Å²) in [7, 11) is 0. The summed E-state index contributed by atoms with van der Waals surface area (Å²) in [4.78, 5) is 5.54. The van der Waals surface area contributed by atoms with Crippen LogP contribution in [0.25, 0.3) is 10.6 Å². The maximum Gasteiger partial charge on any atom is 0.177 e. The molecule has 1 aliphatic rings. The summed E-state index contributed by atoms with van der Waals surface area (Å²) in [5.41, 5.74) is 0.934. The van der Waals surface area contributed by atoms with Gasteiger partial charge in [-0.2, -0.15) is 5.10 Å². The number of hydrogen-bond donors (Lipinski definition) is 1. The molecule has 0 saturated carbocycles. The molecule has 114 valence electrons. The van der Waals surface area contributed by atoms with Crippen molar-refractivity contribution in [2.24, 2.45) is 0 Å². The molecular weight excluding hydrogens is 298 g/mol. The molecule has 0 radical (unpaired) electrons. The average molecular weight is 315 g/mol. The third-order valence-electron chi connectivity index (χ3n) is 3.86. The second-order valence-corrected chi connectivity index (χ2v) is 6.48. The zero-order valence-electron chi connectivity index (χ0n) is 12.3. The Morgan fingerprint density at radius 2 is 2.45 bits per heavy atom. The number of aromatic nitrogens is 4.